The van der Waals surface area contributed by atoms with Gasteiger partial charge >= 0.3 is 5.97 Å². The van der Waals surface area contributed by atoms with Crippen molar-refractivity contribution in [2.75, 3.05) is 7.05 Å². The fourth-order valence-electron chi connectivity index (χ4n) is 2.14. The summed E-state index contributed by atoms with van der Waals surface area (Å²) in [4.78, 5) is 40.6. The van der Waals surface area contributed by atoms with E-state index in [2.05, 4.69) is 4.98 Å². The van der Waals surface area contributed by atoms with Crippen LogP contribution in [-0.2, 0) is 9.59 Å². The first-order valence-corrected chi connectivity index (χ1v) is 7.24. The van der Waals surface area contributed by atoms with Crippen molar-refractivity contribution in [1.82, 2.24) is 9.88 Å². The van der Waals surface area contributed by atoms with Gasteiger partial charge in [0.05, 0.1) is 10.9 Å². The first kappa shape index (κ1) is 16.7. The van der Waals surface area contributed by atoms with Crippen LogP contribution in [0.1, 0.15) is 38.1 Å². The summed E-state index contributed by atoms with van der Waals surface area (Å²) < 4.78 is 5.15. The summed E-state index contributed by atoms with van der Waals surface area (Å²) in [6, 6.07) is 5.04. The molecule has 1 aromatic carbocycles. The van der Waals surface area contributed by atoms with E-state index in [1.807, 2.05) is 20.8 Å². The van der Waals surface area contributed by atoms with E-state index < -0.39 is 23.2 Å². The number of likely N-dealkylation sites (N-methyl/N-ethyl adjacent to an activating group) is 1. The molecule has 0 aliphatic rings. The number of ether oxygens (including phenoxy) is 1. The van der Waals surface area contributed by atoms with Crippen molar-refractivity contribution < 1.29 is 19.1 Å². The lowest BCUT2D eigenvalue weighted by molar-refractivity contribution is -0.131. The maximum Gasteiger partial charge on any atom is 0.308 e. The number of benzene rings is 1. The summed E-state index contributed by atoms with van der Waals surface area (Å²) in [6.07, 6.45) is 1.47. The van der Waals surface area contributed by atoms with Crippen molar-refractivity contribution in [1.29, 1.82) is 0 Å². The topological polar surface area (TPSA) is 79.5 Å². The van der Waals surface area contributed by atoms with Crippen LogP contribution in [0.4, 0.5) is 0 Å². The quantitative estimate of drug-likeness (QED) is 0.408. The summed E-state index contributed by atoms with van der Waals surface area (Å²) >= 11 is 0. The number of carbonyl (C=O) groups excluding carboxylic acids is 3. The van der Waals surface area contributed by atoms with Gasteiger partial charge in [-0.3, -0.25) is 14.4 Å². The van der Waals surface area contributed by atoms with E-state index in [4.69, 9.17) is 4.74 Å². The molecule has 0 saturated heterocycles. The molecule has 1 aromatic heterocycles. The molecular formula is C17H20N2O4. The zero-order chi connectivity index (χ0) is 17.4. The van der Waals surface area contributed by atoms with Crippen LogP contribution in [0.3, 0.4) is 0 Å². The molecule has 122 valence electrons. The van der Waals surface area contributed by atoms with E-state index in [9.17, 15) is 14.4 Å². The van der Waals surface area contributed by atoms with Gasteiger partial charge in [0, 0.05) is 31.2 Å². The standard InChI is InChI=1S/C17H20N2O4/c1-10(20)23-13-8-6-7-12-14(13)11(9-18-12)15(21)16(22)19(5)17(2,3)4/h6-9,18H,1-5H3. The van der Waals surface area contributed by atoms with Gasteiger partial charge in [0.2, 0.25) is 0 Å². The zero-order valence-electron chi connectivity index (χ0n) is 13.9. The number of aromatic nitrogens is 1. The smallest absolute Gasteiger partial charge is 0.308 e. The van der Waals surface area contributed by atoms with E-state index in [0.29, 0.717) is 10.9 Å². The van der Waals surface area contributed by atoms with Crippen LogP contribution in [0.2, 0.25) is 0 Å². The van der Waals surface area contributed by atoms with Crippen LogP contribution >= 0.6 is 0 Å². The largest absolute Gasteiger partial charge is 0.426 e. The van der Waals surface area contributed by atoms with Crippen molar-refractivity contribution >= 4 is 28.6 Å². The van der Waals surface area contributed by atoms with Crippen LogP contribution in [-0.4, -0.2) is 40.1 Å². The van der Waals surface area contributed by atoms with Gasteiger partial charge in [-0.2, -0.15) is 0 Å². The average molecular weight is 316 g/mol. The first-order valence-electron chi connectivity index (χ1n) is 7.24. The Morgan fingerprint density at radius 2 is 1.83 bits per heavy atom. The van der Waals surface area contributed by atoms with Crippen LogP contribution in [0, 0.1) is 0 Å². The molecule has 2 rings (SSSR count). The lowest BCUT2D eigenvalue weighted by atomic mass is 10.0. The lowest BCUT2D eigenvalue weighted by Gasteiger charge is -2.31. The molecule has 6 heteroatoms. The Morgan fingerprint density at radius 3 is 2.39 bits per heavy atom. The van der Waals surface area contributed by atoms with E-state index in [0.717, 1.165) is 0 Å². The van der Waals surface area contributed by atoms with Gasteiger partial charge in [-0.1, -0.05) is 6.07 Å². The maximum atomic E-state index is 12.6. The first-order chi connectivity index (χ1) is 10.6. The molecule has 1 amide bonds. The third-order valence-electron chi connectivity index (χ3n) is 3.67. The van der Waals surface area contributed by atoms with Gasteiger partial charge in [-0.05, 0) is 32.9 Å². The van der Waals surface area contributed by atoms with Gasteiger partial charge in [-0.15, -0.1) is 0 Å². The summed E-state index contributed by atoms with van der Waals surface area (Å²) in [5, 5.41) is 0.434. The highest BCUT2D eigenvalue weighted by Gasteiger charge is 2.30. The predicted molar refractivity (Wildman–Crippen MR) is 86.5 cm³/mol. The van der Waals surface area contributed by atoms with Gasteiger partial charge in [0.1, 0.15) is 5.75 Å². The molecular weight excluding hydrogens is 296 g/mol. The Kier molecular flexibility index (Phi) is 4.27. The molecule has 6 nitrogen and oxygen atoms in total. The zero-order valence-corrected chi connectivity index (χ0v) is 13.9. The molecule has 0 bridgehead atoms. The molecule has 2 aromatic rings. The second kappa shape index (κ2) is 5.87. The van der Waals surface area contributed by atoms with Crippen molar-refractivity contribution in [2.45, 2.75) is 33.2 Å². The summed E-state index contributed by atoms with van der Waals surface area (Å²) in [5.74, 6) is -1.50. The third-order valence-corrected chi connectivity index (χ3v) is 3.67. The number of esters is 1. The predicted octanol–water partition coefficient (Wildman–Crippen LogP) is 2.53. The minimum absolute atomic E-state index is 0.193. The van der Waals surface area contributed by atoms with Crippen molar-refractivity contribution in [2.24, 2.45) is 0 Å². The number of fused-ring (bicyclic) bond motifs is 1. The highest BCUT2D eigenvalue weighted by molar-refractivity contribution is 6.45. The minimum Gasteiger partial charge on any atom is -0.426 e. The fraction of sp³-hybridized carbons (Fsp3) is 0.353. The molecule has 0 aliphatic heterocycles. The van der Waals surface area contributed by atoms with E-state index >= 15 is 0 Å². The molecule has 1 heterocycles. The van der Waals surface area contributed by atoms with Crippen molar-refractivity contribution in [3.63, 3.8) is 0 Å². The number of rotatable bonds is 3. The van der Waals surface area contributed by atoms with E-state index in [1.165, 1.54) is 18.0 Å². The molecule has 0 fully saturated rings. The number of Topliss-reactive ketones (excluding diaryl/α,β-unsaturated/α-hetero) is 1. The van der Waals surface area contributed by atoms with Crippen LogP contribution < -0.4 is 4.74 Å². The average Bonchev–Trinajstić information content (AvgIpc) is 2.88. The van der Waals surface area contributed by atoms with E-state index in [1.54, 1.807) is 25.2 Å². The SMILES string of the molecule is CC(=O)Oc1cccc2[nH]cc(C(=O)C(=O)N(C)C(C)(C)C)c12. The number of nitrogens with one attached hydrogen (secondary N) is 1. The number of nitrogens with zero attached hydrogens (tertiary/aromatic N) is 1. The normalized spacial score (nSPS) is 11.3. The molecule has 0 aliphatic carbocycles. The van der Waals surface area contributed by atoms with Crippen molar-refractivity contribution in [3.05, 3.63) is 30.0 Å². The van der Waals surface area contributed by atoms with Crippen molar-refractivity contribution in [3.8, 4) is 5.75 Å². The number of ketones is 1. The number of H-pyrrole nitrogens is 1. The van der Waals surface area contributed by atoms with Gasteiger partial charge in [-0.25, -0.2) is 0 Å². The number of carbonyl (C=O) groups is 3. The summed E-state index contributed by atoms with van der Waals surface area (Å²) in [5.41, 5.74) is 0.341. The number of hydrogen-bond donors (Lipinski definition) is 1. The number of hydrogen-bond acceptors (Lipinski definition) is 4. The van der Waals surface area contributed by atoms with E-state index in [-0.39, 0.29) is 11.3 Å². The highest BCUT2D eigenvalue weighted by Crippen LogP contribution is 2.30. The second-order valence-electron chi connectivity index (χ2n) is 6.34. The minimum atomic E-state index is -0.645. The second-order valence-corrected chi connectivity index (χ2v) is 6.34. The maximum absolute atomic E-state index is 12.6. The highest BCUT2D eigenvalue weighted by atomic mass is 16.5. The molecule has 0 spiro atoms. The van der Waals surface area contributed by atoms with Crippen LogP contribution in [0.25, 0.3) is 10.9 Å². The summed E-state index contributed by atoms with van der Waals surface area (Å²) in [6.45, 7) is 6.82. The molecule has 0 unspecified atom stereocenters. The molecule has 23 heavy (non-hydrogen) atoms. The van der Waals surface area contributed by atoms with Gasteiger partial charge in [0.25, 0.3) is 11.7 Å². The number of amides is 1. The molecule has 0 saturated carbocycles. The number of aromatic amines is 1. The third kappa shape index (κ3) is 3.26. The van der Waals surface area contributed by atoms with Crippen LogP contribution in [0.15, 0.2) is 24.4 Å². The Hall–Kier alpha value is -2.63. The summed E-state index contributed by atoms with van der Waals surface area (Å²) in [7, 11) is 1.59. The van der Waals surface area contributed by atoms with Gasteiger partial charge < -0.3 is 14.6 Å². The molecule has 1 N–H and O–H groups in total. The Balaban J connectivity index is 2.49. The monoisotopic (exact) mass is 316 g/mol. The van der Waals surface area contributed by atoms with Gasteiger partial charge in [0.15, 0.2) is 0 Å². The fourth-order valence-corrected chi connectivity index (χ4v) is 2.14. The van der Waals surface area contributed by atoms with Crippen LogP contribution in [0.5, 0.6) is 5.75 Å². The Morgan fingerprint density at radius 1 is 1.17 bits per heavy atom. The Bertz CT molecular complexity index is 783. The lowest BCUT2D eigenvalue weighted by Crippen LogP contribution is -2.45. The molecule has 0 radical (unpaired) electrons. The molecule has 0 atom stereocenters. The Labute approximate surface area is 134 Å².